The third-order valence-corrected chi connectivity index (χ3v) is 10.3. The van der Waals surface area contributed by atoms with Gasteiger partial charge < -0.3 is 10.2 Å². The monoisotopic (exact) mass is 376 g/mol. The summed E-state index contributed by atoms with van der Waals surface area (Å²) < 4.78 is 0. The fourth-order valence-electron chi connectivity index (χ4n) is 8.77. The van der Waals surface area contributed by atoms with Crippen molar-refractivity contribution in [3.63, 3.8) is 0 Å². The summed E-state index contributed by atoms with van der Waals surface area (Å²) in [7, 11) is 0. The van der Waals surface area contributed by atoms with Crippen molar-refractivity contribution in [2.75, 3.05) is 0 Å². The molecule has 9 atom stereocenters. The van der Waals surface area contributed by atoms with Gasteiger partial charge in [-0.2, -0.15) is 0 Å². The maximum atomic E-state index is 11.5. The first-order valence-electron chi connectivity index (χ1n) is 11.7. The largest absolute Gasteiger partial charge is 0.481 e. The van der Waals surface area contributed by atoms with E-state index in [-0.39, 0.29) is 17.9 Å². The van der Waals surface area contributed by atoms with E-state index in [0.717, 1.165) is 24.7 Å². The number of carboxylic acid groups (broad SMARTS) is 1. The number of fused-ring (bicyclic) bond motifs is 5. The standard InChI is InChI=1S/C24H40O3/c1-15(7-12-22(26)27)18-10-11-19-17-9-8-16-6-4-5-13-23(16,2)20(17)14-21(25)24(18,19)3/h15-21,25H,4-14H2,1-3H3,(H,26,27)/t15-,16-,17+,18+,19+,20+,21-,23-,24+/m0/s1. The van der Waals surface area contributed by atoms with Crippen molar-refractivity contribution < 1.29 is 15.0 Å². The van der Waals surface area contributed by atoms with E-state index >= 15 is 0 Å². The van der Waals surface area contributed by atoms with E-state index in [2.05, 4.69) is 20.8 Å². The second-order valence-corrected chi connectivity index (χ2v) is 11.1. The van der Waals surface area contributed by atoms with E-state index in [1.54, 1.807) is 0 Å². The molecule has 0 heterocycles. The second-order valence-electron chi connectivity index (χ2n) is 11.1. The molecule has 0 aliphatic heterocycles. The highest BCUT2D eigenvalue weighted by atomic mass is 16.4. The van der Waals surface area contributed by atoms with Gasteiger partial charge in [-0.05, 0) is 97.7 Å². The van der Waals surface area contributed by atoms with Crippen LogP contribution in [0.1, 0.15) is 91.4 Å². The van der Waals surface area contributed by atoms with Crippen LogP contribution < -0.4 is 0 Å². The second kappa shape index (κ2) is 7.04. The number of hydrogen-bond acceptors (Lipinski definition) is 2. The van der Waals surface area contributed by atoms with Crippen LogP contribution in [0.3, 0.4) is 0 Å². The topological polar surface area (TPSA) is 57.5 Å². The van der Waals surface area contributed by atoms with Crippen LogP contribution in [0, 0.1) is 46.3 Å². The molecule has 0 unspecified atom stereocenters. The Morgan fingerprint density at radius 2 is 1.85 bits per heavy atom. The van der Waals surface area contributed by atoms with Crippen molar-refractivity contribution in [1.82, 2.24) is 0 Å². The number of carboxylic acids is 1. The molecule has 4 aliphatic rings. The molecule has 0 aromatic heterocycles. The van der Waals surface area contributed by atoms with Crippen molar-refractivity contribution >= 4 is 5.97 Å². The highest BCUT2D eigenvalue weighted by molar-refractivity contribution is 5.66. The van der Waals surface area contributed by atoms with Crippen LogP contribution in [-0.4, -0.2) is 22.3 Å². The molecule has 0 aromatic carbocycles. The van der Waals surface area contributed by atoms with Crippen LogP contribution in [0.25, 0.3) is 0 Å². The molecule has 0 amide bonds. The van der Waals surface area contributed by atoms with E-state index < -0.39 is 5.97 Å². The van der Waals surface area contributed by atoms with Gasteiger partial charge in [0.05, 0.1) is 6.10 Å². The molecule has 0 saturated heterocycles. The van der Waals surface area contributed by atoms with Crippen molar-refractivity contribution in [3.05, 3.63) is 0 Å². The molecule has 4 aliphatic carbocycles. The smallest absolute Gasteiger partial charge is 0.303 e. The van der Waals surface area contributed by atoms with Gasteiger partial charge in [-0.1, -0.05) is 33.6 Å². The number of aliphatic hydroxyl groups is 1. The van der Waals surface area contributed by atoms with Crippen LogP contribution in [-0.2, 0) is 4.79 Å². The minimum atomic E-state index is -0.686. The summed E-state index contributed by atoms with van der Waals surface area (Å²) in [6.45, 7) is 7.16. The van der Waals surface area contributed by atoms with E-state index in [1.807, 2.05) is 0 Å². The van der Waals surface area contributed by atoms with Gasteiger partial charge in [-0.15, -0.1) is 0 Å². The summed E-state index contributed by atoms with van der Waals surface area (Å²) in [4.78, 5) is 11.1. The van der Waals surface area contributed by atoms with Crippen molar-refractivity contribution in [2.45, 2.75) is 97.5 Å². The Kier molecular flexibility index (Phi) is 5.15. The third kappa shape index (κ3) is 2.98. The maximum Gasteiger partial charge on any atom is 0.303 e. The molecule has 4 fully saturated rings. The van der Waals surface area contributed by atoms with Crippen molar-refractivity contribution in [1.29, 1.82) is 0 Å². The van der Waals surface area contributed by atoms with Crippen LogP contribution in [0.15, 0.2) is 0 Å². The average molecular weight is 377 g/mol. The lowest BCUT2D eigenvalue weighted by Crippen LogP contribution is -2.58. The first-order chi connectivity index (χ1) is 12.8. The molecular weight excluding hydrogens is 336 g/mol. The molecule has 2 N–H and O–H groups in total. The van der Waals surface area contributed by atoms with E-state index in [9.17, 15) is 9.90 Å². The van der Waals surface area contributed by atoms with Gasteiger partial charge in [-0.25, -0.2) is 0 Å². The van der Waals surface area contributed by atoms with Crippen molar-refractivity contribution in [3.8, 4) is 0 Å². The molecule has 0 radical (unpaired) electrons. The first kappa shape index (κ1) is 19.7. The minimum absolute atomic E-state index is 0.00303. The SMILES string of the molecule is C[C@@H](CCC(=O)O)[C@H]1CC[C@@H]2[C@H]3CC[C@@H]4CCCC[C@]4(C)[C@@H]3C[C@H](O)[C@@]21C. The number of aliphatic carboxylic acids is 1. The zero-order chi connectivity index (χ0) is 19.4. The molecule has 0 bridgehead atoms. The summed E-state index contributed by atoms with van der Waals surface area (Å²) in [5.74, 6) is 3.21. The Balaban J connectivity index is 1.57. The van der Waals surface area contributed by atoms with Gasteiger partial charge >= 0.3 is 5.97 Å². The molecule has 27 heavy (non-hydrogen) atoms. The summed E-state index contributed by atoms with van der Waals surface area (Å²) >= 11 is 0. The highest BCUT2D eigenvalue weighted by Crippen LogP contribution is 2.68. The number of hydrogen-bond donors (Lipinski definition) is 2. The first-order valence-corrected chi connectivity index (χ1v) is 11.7. The molecule has 0 spiro atoms. The third-order valence-electron chi connectivity index (χ3n) is 10.3. The Bertz CT molecular complexity index is 574. The van der Waals surface area contributed by atoms with Crippen molar-refractivity contribution in [2.24, 2.45) is 46.3 Å². The Labute approximate surface area is 165 Å². The van der Waals surface area contributed by atoms with Crippen LogP contribution in [0.5, 0.6) is 0 Å². The predicted molar refractivity (Wildman–Crippen MR) is 107 cm³/mol. The Morgan fingerprint density at radius 3 is 2.59 bits per heavy atom. The maximum absolute atomic E-state index is 11.5. The van der Waals surface area contributed by atoms with Gasteiger partial charge in [0.2, 0.25) is 0 Å². The summed E-state index contributed by atoms with van der Waals surface area (Å²) in [5, 5.41) is 20.6. The molecule has 3 heteroatoms. The fraction of sp³-hybridized carbons (Fsp3) is 0.958. The van der Waals surface area contributed by atoms with E-state index in [1.165, 1.54) is 51.4 Å². The minimum Gasteiger partial charge on any atom is -0.481 e. The Hall–Kier alpha value is -0.570. The van der Waals surface area contributed by atoms with Crippen LogP contribution >= 0.6 is 0 Å². The zero-order valence-electron chi connectivity index (χ0n) is 17.6. The Morgan fingerprint density at radius 1 is 1.07 bits per heavy atom. The van der Waals surface area contributed by atoms with Gasteiger partial charge in [0, 0.05) is 6.42 Å². The lowest BCUT2D eigenvalue weighted by atomic mass is 9.44. The predicted octanol–water partition coefficient (Wildman–Crippen LogP) is 5.51. The lowest BCUT2D eigenvalue weighted by Gasteiger charge is -2.62. The molecule has 4 rings (SSSR count). The lowest BCUT2D eigenvalue weighted by molar-refractivity contribution is -0.168. The molecule has 3 nitrogen and oxygen atoms in total. The molecular formula is C24H40O3. The zero-order valence-corrected chi connectivity index (χ0v) is 17.6. The normalized spacial score (nSPS) is 50.4. The van der Waals surface area contributed by atoms with Gasteiger partial charge in [-0.3, -0.25) is 4.79 Å². The summed E-state index contributed by atoms with van der Waals surface area (Å²) in [6, 6.07) is 0. The van der Waals surface area contributed by atoms with E-state index in [0.29, 0.717) is 29.1 Å². The molecule has 154 valence electrons. The van der Waals surface area contributed by atoms with Gasteiger partial charge in [0.25, 0.3) is 0 Å². The van der Waals surface area contributed by atoms with Crippen LogP contribution in [0.2, 0.25) is 0 Å². The van der Waals surface area contributed by atoms with Gasteiger partial charge in [0.15, 0.2) is 0 Å². The van der Waals surface area contributed by atoms with Gasteiger partial charge in [0.1, 0.15) is 0 Å². The highest BCUT2D eigenvalue weighted by Gasteiger charge is 2.63. The summed E-state index contributed by atoms with van der Waals surface area (Å²) in [5.41, 5.74) is 0.452. The number of carbonyl (C=O) groups is 1. The molecule has 4 saturated carbocycles. The number of aliphatic hydroxyl groups excluding tert-OH is 1. The quantitative estimate of drug-likeness (QED) is 0.680. The molecule has 0 aromatic rings. The fourth-order valence-corrected chi connectivity index (χ4v) is 8.77. The van der Waals surface area contributed by atoms with Crippen LogP contribution in [0.4, 0.5) is 0 Å². The summed E-state index contributed by atoms with van der Waals surface area (Å²) in [6.07, 6.45) is 12.6. The van der Waals surface area contributed by atoms with E-state index in [4.69, 9.17) is 5.11 Å². The number of rotatable bonds is 4. The average Bonchev–Trinajstić information content (AvgIpc) is 2.99.